The highest BCUT2D eigenvalue weighted by molar-refractivity contribution is 5.83. The van der Waals surface area contributed by atoms with Gasteiger partial charge >= 0.3 is 0 Å². The molecule has 1 aliphatic rings. The minimum absolute atomic E-state index is 0.0413. The van der Waals surface area contributed by atoms with Crippen molar-refractivity contribution in [1.82, 2.24) is 20.0 Å². The summed E-state index contributed by atoms with van der Waals surface area (Å²) < 4.78 is 0. The highest BCUT2D eigenvalue weighted by Gasteiger charge is 2.31. The van der Waals surface area contributed by atoms with Gasteiger partial charge in [0.1, 0.15) is 6.04 Å². The van der Waals surface area contributed by atoms with E-state index in [4.69, 9.17) is 0 Å². The number of piperazine rings is 1. The zero-order valence-electron chi connectivity index (χ0n) is 16.7. The average molecular weight is 347 g/mol. The molecular formula is C20H34N4O. The van der Waals surface area contributed by atoms with E-state index in [-0.39, 0.29) is 17.5 Å². The van der Waals surface area contributed by atoms with Crippen molar-refractivity contribution < 1.29 is 4.79 Å². The smallest absolute Gasteiger partial charge is 0.242 e. The van der Waals surface area contributed by atoms with E-state index in [9.17, 15) is 4.79 Å². The number of carbonyl (C=O) groups is 1. The second kappa shape index (κ2) is 8.30. The molecule has 1 heterocycles. The number of amides is 1. The van der Waals surface area contributed by atoms with Gasteiger partial charge in [0.2, 0.25) is 5.91 Å². The van der Waals surface area contributed by atoms with Crippen molar-refractivity contribution in [3.05, 3.63) is 35.4 Å². The van der Waals surface area contributed by atoms with Crippen LogP contribution in [0.4, 0.5) is 0 Å². The van der Waals surface area contributed by atoms with Crippen LogP contribution in [0, 0.1) is 6.92 Å². The maximum atomic E-state index is 12.9. The van der Waals surface area contributed by atoms with Crippen LogP contribution in [0.1, 0.15) is 31.0 Å². The number of hydrogen-bond donors (Lipinski definition) is 1. The molecule has 1 aromatic carbocycles. The Morgan fingerprint density at radius 2 is 1.88 bits per heavy atom. The number of rotatable bonds is 6. The molecule has 0 saturated carbocycles. The van der Waals surface area contributed by atoms with Crippen LogP contribution in [0.5, 0.6) is 0 Å². The maximum Gasteiger partial charge on any atom is 0.242 e. The Kier molecular flexibility index (Phi) is 6.60. The van der Waals surface area contributed by atoms with Crippen molar-refractivity contribution in [2.45, 2.75) is 32.4 Å². The van der Waals surface area contributed by atoms with Crippen LogP contribution < -0.4 is 5.32 Å². The first kappa shape index (κ1) is 19.9. The minimum atomic E-state index is -0.261. The Balaban J connectivity index is 2.01. The number of aryl methyl sites for hydroxylation is 1. The summed E-state index contributed by atoms with van der Waals surface area (Å²) in [5, 5.41) is 3.19. The third kappa shape index (κ3) is 5.27. The molecule has 1 fully saturated rings. The topological polar surface area (TPSA) is 38.8 Å². The van der Waals surface area contributed by atoms with Crippen LogP contribution in [0.2, 0.25) is 0 Å². The lowest BCUT2D eigenvalue weighted by molar-refractivity contribution is -0.126. The fraction of sp³-hybridized carbons (Fsp3) is 0.650. The molecule has 5 heteroatoms. The summed E-state index contributed by atoms with van der Waals surface area (Å²) in [6.07, 6.45) is 0. The molecule has 0 bridgehead atoms. The Morgan fingerprint density at radius 3 is 2.44 bits per heavy atom. The summed E-state index contributed by atoms with van der Waals surface area (Å²) in [4.78, 5) is 19.7. The first-order valence-corrected chi connectivity index (χ1v) is 9.15. The molecule has 1 aliphatic heterocycles. The van der Waals surface area contributed by atoms with Gasteiger partial charge in [-0.25, -0.2) is 0 Å². The quantitative estimate of drug-likeness (QED) is 0.852. The molecule has 1 saturated heterocycles. The van der Waals surface area contributed by atoms with E-state index >= 15 is 0 Å². The second-order valence-electron chi connectivity index (χ2n) is 8.10. The third-order valence-electron chi connectivity index (χ3n) is 5.18. The van der Waals surface area contributed by atoms with Gasteiger partial charge in [-0.3, -0.25) is 14.6 Å². The van der Waals surface area contributed by atoms with Crippen molar-refractivity contribution in [3.63, 3.8) is 0 Å². The van der Waals surface area contributed by atoms with Crippen molar-refractivity contribution in [1.29, 1.82) is 0 Å². The summed E-state index contributed by atoms with van der Waals surface area (Å²) in [7, 11) is 6.08. The van der Waals surface area contributed by atoms with Crippen molar-refractivity contribution >= 4 is 5.91 Å². The van der Waals surface area contributed by atoms with E-state index in [2.05, 4.69) is 55.1 Å². The number of nitrogens with one attached hydrogen (secondary N) is 1. The molecule has 1 unspecified atom stereocenters. The average Bonchev–Trinajstić information content (AvgIpc) is 2.53. The van der Waals surface area contributed by atoms with Gasteiger partial charge in [0, 0.05) is 38.3 Å². The molecule has 1 N–H and O–H groups in total. The molecule has 1 aromatic rings. The normalized spacial score (nSPS) is 18.4. The summed E-state index contributed by atoms with van der Waals surface area (Å²) in [5.41, 5.74) is 2.18. The molecular weight excluding hydrogens is 312 g/mol. The predicted octanol–water partition coefficient (Wildman–Crippen LogP) is 1.74. The Bertz CT molecular complexity index is 577. The standard InChI is InChI=1S/C20H34N4O/c1-16-8-7-9-17(14-16)18(22(4)5)19(25)21-15-20(2,3)24-12-10-23(6)11-13-24/h7-9,14,18H,10-13,15H2,1-6H3,(H,21,25). The van der Waals surface area contributed by atoms with E-state index in [1.807, 2.05) is 31.1 Å². The van der Waals surface area contributed by atoms with Crippen molar-refractivity contribution in [2.75, 3.05) is 53.9 Å². The Labute approximate surface area is 153 Å². The molecule has 5 nitrogen and oxygen atoms in total. The number of benzene rings is 1. The van der Waals surface area contributed by atoms with Gasteiger partial charge in [0.05, 0.1) is 0 Å². The van der Waals surface area contributed by atoms with Crippen LogP contribution in [0.15, 0.2) is 24.3 Å². The van der Waals surface area contributed by atoms with E-state index in [0.29, 0.717) is 6.54 Å². The molecule has 0 spiro atoms. The number of nitrogens with zero attached hydrogens (tertiary/aromatic N) is 3. The lowest BCUT2D eigenvalue weighted by Crippen LogP contribution is -2.58. The summed E-state index contributed by atoms with van der Waals surface area (Å²) in [6, 6.07) is 7.94. The SMILES string of the molecule is Cc1cccc(C(C(=O)NCC(C)(C)N2CCN(C)CC2)N(C)C)c1. The largest absolute Gasteiger partial charge is 0.353 e. The first-order chi connectivity index (χ1) is 11.7. The summed E-state index contributed by atoms with van der Waals surface area (Å²) in [6.45, 7) is 11.4. The number of likely N-dealkylation sites (N-methyl/N-ethyl adjacent to an activating group) is 2. The molecule has 2 rings (SSSR count). The van der Waals surface area contributed by atoms with Crippen LogP contribution in [0.25, 0.3) is 0 Å². The molecule has 25 heavy (non-hydrogen) atoms. The van der Waals surface area contributed by atoms with Gasteiger partial charge in [-0.2, -0.15) is 0 Å². The number of hydrogen-bond acceptors (Lipinski definition) is 4. The zero-order valence-corrected chi connectivity index (χ0v) is 16.7. The molecule has 1 amide bonds. The fourth-order valence-corrected chi connectivity index (χ4v) is 3.45. The minimum Gasteiger partial charge on any atom is -0.353 e. The highest BCUT2D eigenvalue weighted by atomic mass is 16.2. The van der Waals surface area contributed by atoms with Crippen LogP contribution in [-0.4, -0.2) is 80.0 Å². The maximum absolute atomic E-state index is 12.9. The Morgan fingerprint density at radius 1 is 1.24 bits per heavy atom. The molecule has 0 aliphatic carbocycles. The molecule has 1 atom stereocenters. The zero-order chi connectivity index (χ0) is 18.6. The lowest BCUT2D eigenvalue weighted by atomic mass is 9.99. The summed E-state index contributed by atoms with van der Waals surface area (Å²) in [5.74, 6) is 0.0674. The van der Waals surface area contributed by atoms with Crippen molar-refractivity contribution in [2.24, 2.45) is 0 Å². The molecule has 0 radical (unpaired) electrons. The third-order valence-corrected chi connectivity index (χ3v) is 5.18. The van der Waals surface area contributed by atoms with Crippen molar-refractivity contribution in [3.8, 4) is 0 Å². The van der Waals surface area contributed by atoms with Gasteiger partial charge in [-0.1, -0.05) is 29.8 Å². The fourth-order valence-electron chi connectivity index (χ4n) is 3.45. The van der Waals surface area contributed by atoms with Gasteiger partial charge in [0.25, 0.3) is 0 Å². The second-order valence-corrected chi connectivity index (χ2v) is 8.10. The van der Waals surface area contributed by atoms with Gasteiger partial charge in [-0.05, 0) is 47.5 Å². The predicted molar refractivity (Wildman–Crippen MR) is 104 cm³/mol. The van der Waals surface area contributed by atoms with E-state index in [0.717, 1.165) is 31.7 Å². The van der Waals surface area contributed by atoms with Gasteiger partial charge < -0.3 is 10.2 Å². The first-order valence-electron chi connectivity index (χ1n) is 9.15. The molecule has 140 valence electrons. The Hall–Kier alpha value is -1.43. The van der Waals surface area contributed by atoms with E-state index < -0.39 is 0 Å². The summed E-state index contributed by atoms with van der Waals surface area (Å²) >= 11 is 0. The van der Waals surface area contributed by atoms with Gasteiger partial charge in [-0.15, -0.1) is 0 Å². The monoisotopic (exact) mass is 346 g/mol. The molecule has 0 aromatic heterocycles. The highest BCUT2D eigenvalue weighted by Crippen LogP contribution is 2.21. The lowest BCUT2D eigenvalue weighted by Gasteiger charge is -2.43. The van der Waals surface area contributed by atoms with Crippen LogP contribution in [0.3, 0.4) is 0 Å². The van der Waals surface area contributed by atoms with E-state index in [1.54, 1.807) is 0 Å². The van der Waals surface area contributed by atoms with Crippen LogP contribution in [-0.2, 0) is 4.79 Å². The number of carbonyl (C=O) groups excluding carboxylic acids is 1. The van der Waals surface area contributed by atoms with Gasteiger partial charge in [0.15, 0.2) is 0 Å². The van der Waals surface area contributed by atoms with E-state index in [1.165, 1.54) is 5.56 Å². The van der Waals surface area contributed by atoms with Crippen LogP contribution >= 0.6 is 0 Å².